The van der Waals surface area contributed by atoms with E-state index in [1.165, 1.54) is 54.4 Å². The van der Waals surface area contributed by atoms with Crippen molar-refractivity contribution in [1.29, 1.82) is 0 Å². The molecule has 0 amide bonds. The zero-order valence-electron chi connectivity index (χ0n) is 11.8. The number of hydrogen-bond donors (Lipinski definition) is 1. The van der Waals surface area contributed by atoms with Gasteiger partial charge in [-0.3, -0.25) is 0 Å². The van der Waals surface area contributed by atoms with E-state index in [-0.39, 0.29) is 18.4 Å². The monoisotopic (exact) mass is 267 g/mol. The van der Waals surface area contributed by atoms with Gasteiger partial charge in [-0.15, -0.1) is 12.4 Å². The van der Waals surface area contributed by atoms with Crippen molar-refractivity contribution in [2.45, 2.75) is 58.9 Å². The Balaban J connectivity index is 0.00000162. The molecular weight excluding hydrogens is 242 g/mol. The molecule has 0 aliphatic heterocycles. The van der Waals surface area contributed by atoms with Crippen molar-refractivity contribution in [2.24, 2.45) is 11.7 Å². The topological polar surface area (TPSA) is 26.0 Å². The minimum atomic E-state index is 0. The molecule has 1 atom stereocenters. The summed E-state index contributed by atoms with van der Waals surface area (Å²) in [5, 5.41) is 0. The molecule has 1 aliphatic rings. The standard InChI is InChI=1S/C16H25N.ClH/c1-11-9-12(2)15(13(3)10-11)16(17)14-7-5-4-6-8-14;/h9-10,14,16H,4-8,17H2,1-3H3;1H/t16-;/m1./s1. The molecule has 0 unspecified atom stereocenters. The summed E-state index contributed by atoms with van der Waals surface area (Å²) in [5.74, 6) is 0.698. The van der Waals surface area contributed by atoms with E-state index in [1.807, 2.05) is 0 Å². The van der Waals surface area contributed by atoms with Crippen LogP contribution in [0.5, 0.6) is 0 Å². The number of aryl methyl sites for hydroxylation is 3. The van der Waals surface area contributed by atoms with E-state index in [4.69, 9.17) is 5.73 Å². The minimum Gasteiger partial charge on any atom is -0.324 e. The Hall–Kier alpha value is -0.530. The molecule has 1 nitrogen and oxygen atoms in total. The van der Waals surface area contributed by atoms with Crippen molar-refractivity contribution in [2.75, 3.05) is 0 Å². The molecule has 2 N–H and O–H groups in total. The largest absolute Gasteiger partial charge is 0.324 e. The number of benzene rings is 1. The molecule has 1 aliphatic carbocycles. The fraction of sp³-hybridized carbons (Fsp3) is 0.625. The third-order valence-electron chi connectivity index (χ3n) is 4.23. The van der Waals surface area contributed by atoms with Crippen LogP contribution in [0.3, 0.4) is 0 Å². The number of hydrogen-bond acceptors (Lipinski definition) is 1. The van der Waals surface area contributed by atoms with E-state index >= 15 is 0 Å². The van der Waals surface area contributed by atoms with Crippen molar-refractivity contribution in [1.82, 2.24) is 0 Å². The van der Waals surface area contributed by atoms with Crippen molar-refractivity contribution in [3.63, 3.8) is 0 Å². The molecule has 1 saturated carbocycles. The first-order chi connectivity index (χ1) is 8.09. The van der Waals surface area contributed by atoms with Gasteiger partial charge in [0.25, 0.3) is 0 Å². The summed E-state index contributed by atoms with van der Waals surface area (Å²) in [4.78, 5) is 0. The zero-order chi connectivity index (χ0) is 12.4. The molecule has 1 aromatic carbocycles. The first-order valence-corrected chi connectivity index (χ1v) is 6.93. The summed E-state index contributed by atoms with van der Waals surface area (Å²) in [6, 6.07) is 4.78. The van der Waals surface area contributed by atoms with Gasteiger partial charge in [-0.2, -0.15) is 0 Å². The average Bonchev–Trinajstić information content (AvgIpc) is 2.28. The summed E-state index contributed by atoms with van der Waals surface area (Å²) in [6.07, 6.45) is 6.75. The second kappa shape index (κ2) is 6.58. The third-order valence-corrected chi connectivity index (χ3v) is 4.23. The van der Waals surface area contributed by atoms with Crippen molar-refractivity contribution >= 4 is 12.4 Å². The number of nitrogens with two attached hydrogens (primary N) is 1. The molecule has 0 saturated heterocycles. The Morgan fingerprint density at radius 1 is 1.00 bits per heavy atom. The van der Waals surface area contributed by atoms with E-state index in [0.29, 0.717) is 5.92 Å². The fourth-order valence-electron chi connectivity index (χ4n) is 3.45. The maximum absolute atomic E-state index is 6.52. The highest BCUT2D eigenvalue weighted by molar-refractivity contribution is 5.85. The van der Waals surface area contributed by atoms with Crippen molar-refractivity contribution in [3.8, 4) is 0 Å². The quantitative estimate of drug-likeness (QED) is 0.832. The van der Waals surface area contributed by atoms with Gasteiger partial charge >= 0.3 is 0 Å². The Bertz CT molecular complexity index is 371. The maximum atomic E-state index is 6.52. The van der Waals surface area contributed by atoms with Crippen LogP contribution in [0.15, 0.2) is 12.1 Å². The van der Waals surface area contributed by atoms with Gasteiger partial charge in [-0.1, -0.05) is 37.0 Å². The predicted octanol–water partition coefficient (Wildman–Crippen LogP) is 4.61. The second-order valence-electron chi connectivity index (χ2n) is 5.74. The Morgan fingerprint density at radius 2 is 1.50 bits per heavy atom. The van der Waals surface area contributed by atoms with E-state index < -0.39 is 0 Å². The molecule has 0 bridgehead atoms. The molecule has 18 heavy (non-hydrogen) atoms. The first-order valence-electron chi connectivity index (χ1n) is 6.93. The van der Waals surface area contributed by atoms with Crippen LogP contribution in [0.2, 0.25) is 0 Å². The molecule has 102 valence electrons. The average molecular weight is 268 g/mol. The normalized spacial score (nSPS) is 18.2. The van der Waals surface area contributed by atoms with Crippen LogP contribution in [-0.4, -0.2) is 0 Å². The van der Waals surface area contributed by atoms with Crippen molar-refractivity contribution in [3.05, 3.63) is 34.4 Å². The van der Waals surface area contributed by atoms with E-state index in [2.05, 4.69) is 32.9 Å². The van der Waals surface area contributed by atoms with E-state index in [1.54, 1.807) is 0 Å². The van der Waals surface area contributed by atoms with Crippen LogP contribution in [-0.2, 0) is 0 Å². The van der Waals surface area contributed by atoms with Crippen LogP contribution in [0.25, 0.3) is 0 Å². The van der Waals surface area contributed by atoms with Gasteiger partial charge in [-0.05, 0) is 56.2 Å². The van der Waals surface area contributed by atoms with Crippen LogP contribution in [0.1, 0.15) is 60.4 Å². The lowest BCUT2D eigenvalue weighted by atomic mass is 9.79. The van der Waals surface area contributed by atoms with Gasteiger partial charge in [0, 0.05) is 6.04 Å². The second-order valence-corrected chi connectivity index (χ2v) is 5.74. The first kappa shape index (κ1) is 15.5. The minimum absolute atomic E-state index is 0. The highest BCUT2D eigenvalue weighted by Crippen LogP contribution is 2.35. The maximum Gasteiger partial charge on any atom is 0.0328 e. The van der Waals surface area contributed by atoms with Gasteiger partial charge in [0.2, 0.25) is 0 Å². The van der Waals surface area contributed by atoms with Gasteiger partial charge in [0.05, 0.1) is 0 Å². The lowest BCUT2D eigenvalue weighted by molar-refractivity contribution is 0.307. The van der Waals surface area contributed by atoms with Crippen LogP contribution in [0.4, 0.5) is 0 Å². The molecule has 1 fully saturated rings. The fourth-order valence-corrected chi connectivity index (χ4v) is 3.45. The molecule has 0 heterocycles. The SMILES string of the molecule is Cc1cc(C)c([C@H](N)C2CCCCC2)c(C)c1.Cl. The van der Waals surface area contributed by atoms with E-state index in [9.17, 15) is 0 Å². The Morgan fingerprint density at radius 3 is 2.00 bits per heavy atom. The van der Waals surface area contributed by atoms with Gasteiger partial charge in [-0.25, -0.2) is 0 Å². The Labute approximate surface area is 118 Å². The third kappa shape index (κ3) is 3.27. The molecule has 1 aromatic rings. The lowest BCUT2D eigenvalue weighted by Gasteiger charge is -2.30. The number of halogens is 1. The summed E-state index contributed by atoms with van der Waals surface area (Å²) in [5.41, 5.74) is 12.0. The van der Waals surface area contributed by atoms with E-state index in [0.717, 1.165) is 0 Å². The lowest BCUT2D eigenvalue weighted by Crippen LogP contribution is -2.25. The smallest absolute Gasteiger partial charge is 0.0328 e. The van der Waals surface area contributed by atoms with Crippen LogP contribution in [0, 0.1) is 26.7 Å². The summed E-state index contributed by atoms with van der Waals surface area (Å²) in [6.45, 7) is 6.58. The van der Waals surface area contributed by atoms with Crippen molar-refractivity contribution < 1.29 is 0 Å². The molecule has 0 radical (unpaired) electrons. The van der Waals surface area contributed by atoms with Gasteiger partial charge < -0.3 is 5.73 Å². The van der Waals surface area contributed by atoms with Crippen LogP contribution < -0.4 is 5.73 Å². The summed E-state index contributed by atoms with van der Waals surface area (Å²) >= 11 is 0. The van der Waals surface area contributed by atoms with Crippen LogP contribution >= 0.6 is 12.4 Å². The Kier molecular flexibility index (Phi) is 5.68. The van der Waals surface area contributed by atoms with Gasteiger partial charge in [0.1, 0.15) is 0 Å². The molecule has 0 spiro atoms. The summed E-state index contributed by atoms with van der Waals surface area (Å²) in [7, 11) is 0. The van der Waals surface area contributed by atoms with Gasteiger partial charge in [0.15, 0.2) is 0 Å². The zero-order valence-corrected chi connectivity index (χ0v) is 12.6. The predicted molar refractivity (Wildman–Crippen MR) is 81.4 cm³/mol. The highest BCUT2D eigenvalue weighted by atomic mass is 35.5. The molecule has 0 aromatic heterocycles. The highest BCUT2D eigenvalue weighted by Gasteiger charge is 2.24. The number of rotatable bonds is 2. The summed E-state index contributed by atoms with van der Waals surface area (Å²) < 4.78 is 0. The molecular formula is C16H26ClN. The molecule has 2 heteroatoms. The molecule has 2 rings (SSSR count).